The van der Waals surface area contributed by atoms with Gasteiger partial charge in [0.2, 0.25) is 0 Å². The third-order valence-electron chi connectivity index (χ3n) is 5.51. The Morgan fingerprint density at radius 2 is 2.06 bits per heavy atom. The predicted molar refractivity (Wildman–Crippen MR) is 125 cm³/mol. The number of nitrogens with zero attached hydrogens (tertiary/aromatic N) is 4. The van der Waals surface area contributed by atoms with E-state index in [1.54, 1.807) is 4.90 Å². The molecule has 8 nitrogen and oxygen atoms in total. The van der Waals surface area contributed by atoms with Crippen molar-refractivity contribution in [2.24, 2.45) is 0 Å². The van der Waals surface area contributed by atoms with Gasteiger partial charge in [-0.15, -0.1) is 0 Å². The van der Waals surface area contributed by atoms with E-state index in [4.69, 9.17) is 10.1 Å². The highest BCUT2D eigenvalue weighted by molar-refractivity contribution is 6.03. The second-order valence-corrected chi connectivity index (χ2v) is 8.00. The molecule has 2 amide bonds. The summed E-state index contributed by atoms with van der Waals surface area (Å²) in [5.41, 5.74) is 3.22. The molecule has 1 unspecified atom stereocenters. The zero-order chi connectivity index (χ0) is 23.4. The lowest BCUT2D eigenvalue weighted by Crippen LogP contribution is -2.36. The number of carbonyl (C=O) groups excluding carboxylic acids is 1. The zero-order valence-electron chi connectivity index (χ0n) is 18.3. The van der Waals surface area contributed by atoms with E-state index in [2.05, 4.69) is 15.2 Å². The summed E-state index contributed by atoms with van der Waals surface area (Å²) < 4.78 is 13.2. The van der Waals surface area contributed by atoms with Gasteiger partial charge in [-0.3, -0.25) is 10.2 Å². The van der Waals surface area contributed by atoms with Gasteiger partial charge >= 0.3 is 6.03 Å². The van der Waals surface area contributed by atoms with E-state index < -0.39 is 18.0 Å². The van der Waals surface area contributed by atoms with Gasteiger partial charge in [0.1, 0.15) is 11.6 Å². The molecule has 0 saturated carbocycles. The number of aromatic nitrogens is 2. The maximum absolute atomic E-state index is 13.2. The summed E-state index contributed by atoms with van der Waals surface area (Å²) in [5, 5.41) is 21.6. The highest BCUT2D eigenvalue weighted by Gasteiger charge is 2.26. The van der Waals surface area contributed by atoms with E-state index in [1.807, 2.05) is 43.4 Å². The summed E-state index contributed by atoms with van der Waals surface area (Å²) in [4.78, 5) is 25.5. The van der Waals surface area contributed by atoms with Gasteiger partial charge in [-0.1, -0.05) is 18.2 Å². The number of fused-ring (bicyclic) bond motifs is 1. The van der Waals surface area contributed by atoms with Crippen LogP contribution in [0.2, 0.25) is 0 Å². The molecule has 0 fully saturated rings. The fraction of sp³-hybridized carbons (Fsp3) is 0.292. The standard InChI is InChI=1S/C24H26FN5O3/c1-29-10-3-11-30(24(33)28-22-9-6-18(25)14-26-22)23-21(29)8-7-20(27-23)17-5-2-4-16(12-17)13-19(32)15-31/h2,4-9,12,14,19,31-32H,3,10-11,13,15H2,1H3,(H,26,28,33). The Hall–Kier alpha value is -3.56. The highest BCUT2D eigenvalue weighted by atomic mass is 19.1. The van der Waals surface area contributed by atoms with Crippen molar-refractivity contribution >= 4 is 23.4 Å². The van der Waals surface area contributed by atoms with Crippen LogP contribution in [0.25, 0.3) is 11.3 Å². The third kappa shape index (κ3) is 5.27. The van der Waals surface area contributed by atoms with Gasteiger partial charge in [0.15, 0.2) is 5.82 Å². The molecule has 4 rings (SSSR count). The second-order valence-electron chi connectivity index (χ2n) is 8.00. The molecule has 3 N–H and O–H groups in total. The Kier molecular flexibility index (Phi) is 6.81. The van der Waals surface area contributed by atoms with E-state index >= 15 is 0 Å². The molecular weight excluding hydrogens is 425 g/mol. The van der Waals surface area contributed by atoms with Crippen molar-refractivity contribution in [1.82, 2.24) is 9.97 Å². The first kappa shape index (κ1) is 22.6. The molecular formula is C24H26FN5O3. The lowest BCUT2D eigenvalue weighted by atomic mass is 10.0. The van der Waals surface area contributed by atoms with Gasteiger partial charge < -0.3 is 15.1 Å². The molecule has 0 aliphatic carbocycles. The molecule has 172 valence electrons. The van der Waals surface area contributed by atoms with Crippen molar-refractivity contribution in [1.29, 1.82) is 0 Å². The SMILES string of the molecule is CN1CCCN(C(=O)Nc2ccc(F)cn2)c2nc(-c3cccc(CC(O)CO)c3)ccc21. The molecule has 1 aromatic carbocycles. The number of aliphatic hydroxyl groups excluding tert-OH is 2. The predicted octanol–water partition coefficient (Wildman–Crippen LogP) is 3.06. The van der Waals surface area contributed by atoms with E-state index in [1.165, 1.54) is 12.1 Å². The van der Waals surface area contributed by atoms with Crippen molar-refractivity contribution in [3.05, 3.63) is 66.1 Å². The maximum Gasteiger partial charge on any atom is 0.328 e. The highest BCUT2D eigenvalue weighted by Crippen LogP contribution is 2.33. The molecule has 3 aromatic rings. The average Bonchev–Trinajstić information content (AvgIpc) is 2.99. The number of carbonyl (C=O) groups is 1. The number of anilines is 3. The number of halogens is 1. The molecule has 3 heterocycles. The molecule has 0 spiro atoms. The van der Waals surface area contributed by atoms with Crippen LogP contribution in [0.3, 0.4) is 0 Å². The summed E-state index contributed by atoms with van der Waals surface area (Å²) in [5.74, 6) is 0.301. The Morgan fingerprint density at radius 1 is 1.21 bits per heavy atom. The van der Waals surface area contributed by atoms with Crippen molar-refractivity contribution in [3.63, 3.8) is 0 Å². The first-order chi connectivity index (χ1) is 15.9. The summed E-state index contributed by atoms with van der Waals surface area (Å²) in [7, 11) is 1.96. The number of hydrogen-bond acceptors (Lipinski definition) is 6. The van der Waals surface area contributed by atoms with E-state index in [0.717, 1.165) is 36.0 Å². The molecule has 2 aromatic heterocycles. The number of hydrogen-bond donors (Lipinski definition) is 3. The minimum absolute atomic E-state index is 0.256. The van der Waals surface area contributed by atoms with Crippen LogP contribution >= 0.6 is 0 Å². The van der Waals surface area contributed by atoms with Gasteiger partial charge in [-0.05, 0) is 42.3 Å². The quantitative estimate of drug-likeness (QED) is 0.551. The number of amides is 2. The smallest absolute Gasteiger partial charge is 0.328 e. The first-order valence-corrected chi connectivity index (χ1v) is 10.7. The Morgan fingerprint density at radius 3 is 2.82 bits per heavy atom. The molecule has 1 atom stereocenters. The third-order valence-corrected chi connectivity index (χ3v) is 5.51. The van der Waals surface area contributed by atoms with Gasteiger partial charge in [-0.2, -0.15) is 0 Å². The number of urea groups is 1. The van der Waals surface area contributed by atoms with Crippen molar-refractivity contribution < 1.29 is 19.4 Å². The Balaban J connectivity index is 1.66. The van der Waals surface area contributed by atoms with Crippen LogP contribution < -0.4 is 15.1 Å². The largest absolute Gasteiger partial charge is 0.394 e. The van der Waals surface area contributed by atoms with E-state index in [9.17, 15) is 14.3 Å². The van der Waals surface area contributed by atoms with E-state index in [-0.39, 0.29) is 12.4 Å². The van der Waals surface area contributed by atoms with Crippen LogP contribution in [-0.2, 0) is 6.42 Å². The van der Waals surface area contributed by atoms with Crippen molar-refractivity contribution in [2.45, 2.75) is 18.9 Å². The lowest BCUT2D eigenvalue weighted by molar-refractivity contribution is 0.0955. The van der Waals surface area contributed by atoms with Crippen molar-refractivity contribution in [2.75, 3.05) is 41.9 Å². The summed E-state index contributed by atoms with van der Waals surface area (Å²) in [6.45, 7) is 0.922. The second kappa shape index (κ2) is 9.93. The summed E-state index contributed by atoms with van der Waals surface area (Å²) in [6.07, 6.45) is 1.31. The van der Waals surface area contributed by atoms with Gasteiger partial charge in [0.25, 0.3) is 0 Å². The molecule has 1 aliphatic heterocycles. The molecule has 0 bridgehead atoms. The first-order valence-electron chi connectivity index (χ1n) is 10.7. The van der Waals surface area contributed by atoms with Crippen LogP contribution in [0.4, 0.5) is 26.5 Å². The number of pyridine rings is 2. The van der Waals surface area contributed by atoms with Crippen LogP contribution in [0, 0.1) is 5.82 Å². The summed E-state index contributed by atoms with van der Waals surface area (Å²) in [6, 6.07) is 13.7. The number of aliphatic hydroxyl groups is 2. The molecule has 0 radical (unpaired) electrons. The molecule has 1 aliphatic rings. The topological polar surface area (TPSA) is 102 Å². The van der Waals surface area contributed by atoms with Crippen LogP contribution in [0.15, 0.2) is 54.7 Å². The van der Waals surface area contributed by atoms with Crippen LogP contribution in [0.5, 0.6) is 0 Å². The van der Waals surface area contributed by atoms with Gasteiger partial charge in [0.05, 0.1) is 30.3 Å². The van der Waals surface area contributed by atoms with Gasteiger partial charge in [0, 0.05) is 32.1 Å². The lowest BCUT2D eigenvalue weighted by Gasteiger charge is -2.24. The minimum atomic E-state index is -0.826. The number of rotatable bonds is 5. The number of nitrogens with one attached hydrogen (secondary N) is 1. The number of benzene rings is 1. The maximum atomic E-state index is 13.2. The normalized spacial score (nSPS) is 14.4. The van der Waals surface area contributed by atoms with Crippen LogP contribution in [0.1, 0.15) is 12.0 Å². The molecule has 9 heteroatoms. The average molecular weight is 452 g/mol. The van der Waals surface area contributed by atoms with Crippen LogP contribution in [-0.4, -0.2) is 59.1 Å². The monoisotopic (exact) mass is 451 g/mol. The fourth-order valence-electron chi connectivity index (χ4n) is 3.81. The van der Waals surface area contributed by atoms with Crippen molar-refractivity contribution in [3.8, 4) is 11.3 Å². The molecule has 33 heavy (non-hydrogen) atoms. The Bertz CT molecular complexity index is 1130. The van der Waals surface area contributed by atoms with Gasteiger partial charge in [-0.25, -0.2) is 19.2 Å². The molecule has 0 saturated heterocycles. The Labute approximate surface area is 191 Å². The minimum Gasteiger partial charge on any atom is -0.394 e. The van der Waals surface area contributed by atoms with E-state index in [0.29, 0.717) is 24.5 Å². The summed E-state index contributed by atoms with van der Waals surface area (Å²) >= 11 is 0. The zero-order valence-corrected chi connectivity index (χ0v) is 18.3. The fourth-order valence-corrected chi connectivity index (χ4v) is 3.81.